The molecule has 1 nitrogen and oxygen atoms in total. The smallest absolute Gasteiger partial charge is 0.0935 e. The first-order chi connectivity index (χ1) is 7.33. The summed E-state index contributed by atoms with van der Waals surface area (Å²) in [6.07, 6.45) is 10.8. The lowest BCUT2D eigenvalue weighted by molar-refractivity contribution is -0.0803. The van der Waals surface area contributed by atoms with Crippen LogP contribution in [0.2, 0.25) is 0 Å². The lowest BCUT2D eigenvalue weighted by atomic mass is 9.48. The Labute approximate surface area is 90.9 Å². The molecule has 15 heavy (non-hydrogen) atoms. The number of hydrogen-bond donors (Lipinski definition) is 0. The predicted octanol–water partition coefficient (Wildman–Crippen LogP) is 3.12. The second kappa shape index (κ2) is 2.01. The number of allylic oxidation sites excluding steroid dienone is 1. The van der Waals surface area contributed by atoms with Crippen LogP contribution in [0.4, 0.5) is 0 Å². The highest BCUT2D eigenvalue weighted by Crippen LogP contribution is 2.91. The van der Waals surface area contributed by atoms with Crippen molar-refractivity contribution in [3.05, 3.63) is 11.8 Å². The van der Waals surface area contributed by atoms with Crippen molar-refractivity contribution in [3.8, 4) is 0 Å². The minimum absolute atomic E-state index is 0.668. The summed E-state index contributed by atoms with van der Waals surface area (Å²) in [5.74, 6) is 3.44. The summed E-state index contributed by atoms with van der Waals surface area (Å²) in [7, 11) is 0. The van der Waals surface area contributed by atoms with Gasteiger partial charge in [0.2, 0.25) is 0 Å². The highest BCUT2D eigenvalue weighted by atomic mass is 16.5. The number of rotatable bonds is 3. The van der Waals surface area contributed by atoms with Gasteiger partial charge in [-0.1, -0.05) is 0 Å². The van der Waals surface area contributed by atoms with Crippen LogP contribution in [0.15, 0.2) is 11.8 Å². The van der Waals surface area contributed by atoms with E-state index in [0.29, 0.717) is 5.41 Å². The van der Waals surface area contributed by atoms with Gasteiger partial charge >= 0.3 is 0 Å². The predicted molar refractivity (Wildman–Crippen MR) is 57.1 cm³/mol. The van der Waals surface area contributed by atoms with Crippen LogP contribution in [0, 0.1) is 28.6 Å². The van der Waals surface area contributed by atoms with Crippen LogP contribution in [0.25, 0.3) is 0 Å². The van der Waals surface area contributed by atoms with Crippen LogP contribution < -0.4 is 0 Å². The Hall–Kier alpha value is -0.460. The zero-order valence-electron chi connectivity index (χ0n) is 9.17. The maximum atomic E-state index is 5.84. The first-order valence-electron chi connectivity index (χ1n) is 6.63. The summed E-state index contributed by atoms with van der Waals surface area (Å²) in [5.41, 5.74) is 3.03. The fourth-order valence-corrected chi connectivity index (χ4v) is 5.50. The van der Waals surface area contributed by atoms with Crippen LogP contribution in [-0.4, -0.2) is 6.61 Å². The van der Waals surface area contributed by atoms with E-state index >= 15 is 0 Å². The zero-order chi connectivity index (χ0) is 9.67. The van der Waals surface area contributed by atoms with Gasteiger partial charge in [-0.15, -0.1) is 0 Å². The van der Waals surface area contributed by atoms with Gasteiger partial charge in [0.05, 0.1) is 12.9 Å². The van der Waals surface area contributed by atoms with Crippen LogP contribution in [-0.2, 0) is 4.74 Å². The Balaban J connectivity index is 1.35. The summed E-state index contributed by atoms with van der Waals surface area (Å²) >= 11 is 0. The van der Waals surface area contributed by atoms with Gasteiger partial charge in [-0.05, 0) is 67.3 Å². The maximum Gasteiger partial charge on any atom is 0.0935 e. The molecule has 5 aliphatic rings. The Kier molecular flexibility index (Phi) is 1.04. The van der Waals surface area contributed by atoms with Gasteiger partial charge in [-0.25, -0.2) is 0 Å². The van der Waals surface area contributed by atoms with Crippen molar-refractivity contribution in [2.75, 3.05) is 6.61 Å². The molecule has 1 spiro atoms. The third-order valence-corrected chi connectivity index (χ3v) is 6.27. The van der Waals surface area contributed by atoms with E-state index in [0.717, 1.165) is 29.8 Å². The van der Waals surface area contributed by atoms with Gasteiger partial charge < -0.3 is 4.74 Å². The normalized spacial score (nSPS) is 61.1. The van der Waals surface area contributed by atoms with E-state index in [2.05, 4.69) is 6.26 Å². The molecule has 5 unspecified atom stereocenters. The average Bonchev–Trinajstić information content (AvgIpc) is 2.98. The van der Waals surface area contributed by atoms with Gasteiger partial charge in [0.1, 0.15) is 0 Å². The minimum Gasteiger partial charge on any atom is -0.501 e. The van der Waals surface area contributed by atoms with Crippen molar-refractivity contribution >= 4 is 0 Å². The topological polar surface area (TPSA) is 9.23 Å². The molecule has 80 valence electrons. The van der Waals surface area contributed by atoms with Gasteiger partial charge in [0.15, 0.2) is 0 Å². The van der Waals surface area contributed by atoms with Crippen molar-refractivity contribution in [1.82, 2.24) is 0 Å². The molecule has 5 aliphatic carbocycles. The summed E-state index contributed by atoms with van der Waals surface area (Å²) in [4.78, 5) is 0. The Morgan fingerprint density at radius 2 is 2.13 bits per heavy atom. The van der Waals surface area contributed by atoms with E-state index in [9.17, 15) is 0 Å². The Bertz CT molecular complexity index is 379. The summed E-state index contributed by atoms with van der Waals surface area (Å²) in [5, 5.41) is 0. The van der Waals surface area contributed by atoms with E-state index in [-0.39, 0.29) is 0 Å². The Morgan fingerprint density at radius 3 is 2.87 bits per heavy atom. The summed E-state index contributed by atoms with van der Waals surface area (Å²) in [6, 6.07) is 0. The molecule has 5 rings (SSSR count). The standard InChI is InChI=1S/C14H18O/c1-2-9(1)6-15-8-13-4-10-3-11-5-14(13,7-13)12(10)11/h6,10-12H,1-5,7-8H2. The number of hydrogen-bond acceptors (Lipinski definition) is 1. The highest BCUT2D eigenvalue weighted by Gasteiger charge is 2.85. The SMILES string of the molecule is C(OCC12CC3CC4CC1(C2)C34)=C1CC1. The number of ether oxygens (including phenoxy) is 1. The van der Waals surface area contributed by atoms with Crippen molar-refractivity contribution < 1.29 is 4.74 Å². The molecule has 0 radical (unpaired) electrons. The lowest BCUT2D eigenvalue weighted by Crippen LogP contribution is -2.50. The van der Waals surface area contributed by atoms with Gasteiger partial charge in [-0.3, -0.25) is 0 Å². The Morgan fingerprint density at radius 1 is 1.27 bits per heavy atom. The molecule has 0 bridgehead atoms. The van der Waals surface area contributed by atoms with Gasteiger partial charge in [-0.2, -0.15) is 0 Å². The molecule has 5 atom stereocenters. The molecule has 0 amide bonds. The van der Waals surface area contributed by atoms with E-state index in [1.807, 2.05) is 0 Å². The fraction of sp³-hybridized carbons (Fsp3) is 0.857. The van der Waals surface area contributed by atoms with E-state index in [4.69, 9.17) is 4.74 Å². The van der Waals surface area contributed by atoms with Crippen LogP contribution in [0.3, 0.4) is 0 Å². The molecule has 0 N–H and O–H groups in total. The van der Waals surface area contributed by atoms with E-state index < -0.39 is 0 Å². The lowest BCUT2D eigenvalue weighted by Gasteiger charge is -2.56. The van der Waals surface area contributed by atoms with Crippen molar-refractivity contribution in [2.24, 2.45) is 28.6 Å². The molecule has 0 aromatic carbocycles. The van der Waals surface area contributed by atoms with Crippen molar-refractivity contribution in [3.63, 3.8) is 0 Å². The second-order valence-electron chi connectivity index (χ2n) is 6.89. The molecule has 0 aliphatic heterocycles. The largest absolute Gasteiger partial charge is 0.501 e. The second-order valence-corrected chi connectivity index (χ2v) is 6.89. The van der Waals surface area contributed by atoms with Gasteiger partial charge in [0.25, 0.3) is 0 Å². The molecule has 5 saturated carbocycles. The van der Waals surface area contributed by atoms with Crippen LogP contribution in [0.5, 0.6) is 0 Å². The van der Waals surface area contributed by atoms with Crippen molar-refractivity contribution in [1.29, 1.82) is 0 Å². The molecule has 0 aromatic heterocycles. The fourth-order valence-electron chi connectivity index (χ4n) is 5.50. The monoisotopic (exact) mass is 202 g/mol. The van der Waals surface area contributed by atoms with Crippen LogP contribution >= 0.6 is 0 Å². The molecular weight excluding hydrogens is 184 g/mol. The third kappa shape index (κ3) is 0.706. The molecular formula is C14H18O. The third-order valence-electron chi connectivity index (χ3n) is 6.27. The minimum atomic E-state index is 0.668. The highest BCUT2D eigenvalue weighted by molar-refractivity contribution is 5.33. The summed E-state index contributed by atoms with van der Waals surface area (Å²) in [6.45, 7) is 1.05. The summed E-state index contributed by atoms with van der Waals surface area (Å²) < 4.78 is 5.84. The molecule has 0 heterocycles. The van der Waals surface area contributed by atoms with Crippen LogP contribution in [0.1, 0.15) is 38.5 Å². The van der Waals surface area contributed by atoms with Crippen molar-refractivity contribution in [2.45, 2.75) is 38.5 Å². The average molecular weight is 202 g/mol. The quantitative estimate of drug-likeness (QED) is 0.639. The van der Waals surface area contributed by atoms with E-state index in [1.165, 1.54) is 31.3 Å². The van der Waals surface area contributed by atoms with E-state index in [1.54, 1.807) is 12.8 Å². The first-order valence-corrected chi connectivity index (χ1v) is 6.63. The maximum absolute atomic E-state index is 5.84. The first kappa shape index (κ1) is 7.76. The molecule has 1 heteroatoms. The zero-order valence-corrected chi connectivity index (χ0v) is 9.17. The molecule has 0 saturated heterocycles. The molecule has 0 aromatic rings. The van der Waals surface area contributed by atoms with Gasteiger partial charge in [0, 0.05) is 5.41 Å². The molecule has 5 fully saturated rings.